The van der Waals surface area contributed by atoms with E-state index in [1.165, 1.54) is 51.6 Å². The smallest absolute Gasteiger partial charge is 0.00669 e. The van der Waals surface area contributed by atoms with E-state index in [0.29, 0.717) is 0 Å². The molecule has 0 aliphatic carbocycles. The van der Waals surface area contributed by atoms with E-state index < -0.39 is 0 Å². The van der Waals surface area contributed by atoms with Crippen molar-refractivity contribution in [3.05, 3.63) is 0 Å². The lowest BCUT2D eigenvalue weighted by Crippen LogP contribution is -2.34. The van der Waals surface area contributed by atoms with Gasteiger partial charge in [0, 0.05) is 6.04 Å². The summed E-state index contributed by atoms with van der Waals surface area (Å²) in [4.78, 5) is 2.67. The molecule has 0 aromatic heterocycles. The van der Waals surface area contributed by atoms with Crippen molar-refractivity contribution < 1.29 is 0 Å². The summed E-state index contributed by atoms with van der Waals surface area (Å²) in [5.41, 5.74) is 5.75. The fraction of sp³-hybridized carbons (Fsp3) is 1.00. The lowest BCUT2D eigenvalue weighted by atomic mass is 10.0. The second kappa shape index (κ2) is 7.24. The van der Waals surface area contributed by atoms with Gasteiger partial charge in [-0.3, -0.25) is 0 Å². The zero-order chi connectivity index (χ0) is 11.1. The van der Waals surface area contributed by atoms with Crippen LogP contribution in [-0.4, -0.2) is 30.6 Å². The van der Waals surface area contributed by atoms with Crippen LogP contribution in [0.15, 0.2) is 0 Å². The number of likely N-dealkylation sites (tertiary alicyclic amines) is 1. The topological polar surface area (TPSA) is 29.3 Å². The molecule has 0 saturated carbocycles. The van der Waals surface area contributed by atoms with Gasteiger partial charge < -0.3 is 10.6 Å². The largest absolute Gasteiger partial charge is 0.330 e. The summed E-state index contributed by atoms with van der Waals surface area (Å²) in [6.45, 7) is 8.07. The molecule has 1 rings (SSSR count). The predicted octanol–water partition coefficient (Wildman–Crippen LogP) is 2.63. The first kappa shape index (κ1) is 13.0. The molecule has 1 aliphatic rings. The van der Waals surface area contributed by atoms with Gasteiger partial charge in [-0.15, -0.1) is 0 Å². The highest BCUT2D eigenvalue weighted by atomic mass is 15.1. The third-order valence-electron chi connectivity index (χ3n) is 3.93. The van der Waals surface area contributed by atoms with Crippen molar-refractivity contribution in [2.24, 2.45) is 11.7 Å². The zero-order valence-electron chi connectivity index (χ0n) is 10.5. The summed E-state index contributed by atoms with van der Waals surface area (Å²) >= 11 is 0. The molecule has 2 atom stereocenters. The van der Waals surface area contributed by atoms with Gasteiger partial charge in [-0.2, -0.15) is 0 Å². The number of nitrogens with zero attached hydrogens (tertiary/aromatic N) is 1. The molecule has 2 heteroatoms. The Morgan fingerprint density at radius 2 is 2.13 bits per heavy atom. The van der Waals surface area contributed by atoms with Gasteiger partial charge in [0.05, 0.1) is 0 Å². The van der Waals surface area contributed by atoms with E-state index in [1.807, 2.05) is 0 Å². The Morgan fingerprint density at radius 3 is 2.80 bits per heavy atom. The third-order valence-corrected chi connectivity index (χ3v) is 3.93. The first-order valence-electron chi connectivity index (χ1n) is 6.72. The zero-order valence-corrected chi connectivity index (χ0v) is 10.5. The maximum atomic E-state index is 5.75. The summed E-state index contributed by atoms with van der Waals surface area (Å²) < 4.78 is 0. The minimum Gasteiger partial charge on any atom is -0.330 e. The SMILES string of the molecule is CCC(CN)CCN1CCCCCC1C. The number of hydrogen-bond donors (Lipinski definition) is 1. The Hall–Kier alpha value is -0.0800. The van der Waals surface area contributed by atoms with Crippen LogP contribution < -0.4 is 5.73 Å². The maximum Gasteiger partial charge on any atom is 0.00669 e. The quantitative estimate of drug-likeness (QED) is 0.759. The molecule has 1 aliphatic heterocycles. The normalized spacial score (nSPS) is 26.2. The van der Waals surface area contributed by atoms with Crippen LogP contribution in [0.3, 0.4) is 0 Å². The first-order valence-corrected chi connectivity index (χ1v) is 6.72. The van der Waals surface area contributed by atoms with Crippen molar-refractivity contribution in [1.82, 2.24) is 4.90 Å². The van der Waals surface area contributed by atoms with Crippen LogP contribution in [0.5, 0.6) is 0 Å². The minimum absolute atomic E-state index is 0.737. The highest BCUT2D eigenvalue weighted by Gasteiger charge is 2.17. The van der Waals surface area contributed by atoms with Crippen LogP contribution in [0.1, 0.15) is 52.4 Å². The van der Waals surface area contributed by atoms with Crippen LogP contribution in [-0.2, 0) is 0 Å². The van der Waals surface area contributed by atoms with Gasteiger partial charge in [-0.25, -0.2) is 0 Å². The Morgan fingerprint density at radius 1 is 1.33 bits per heavy atom. The standard InChI is InChI=1S/C13H28N2/c1-3-13(11-14)8-10-15-9-6-4-5-7-12(15)2/h12-13H,3-11,14H2,1-2H3. The Bertz CT molecular complexity index is 155. The Kier molecular flexibility index (Phi) is 6.26. The fourth-order valence-electron chi connectivity index (χ4n) is 2.50. The van der Waals surface area contributed by atoms with Crippen LogP contribution in [0, 0.1) is 5.92 Å². The van der Waals surface area contributed by atoms with Gasteiger partial charge in [-0.1, -0.05) is 26.2 Å². The van der Waals surface area contributed by atoms with Gasteiger partial charge in [-0.05, 0) is 51.7 Å². The summed E-state index contributed by atoms with van der Waals surface area (Å²) in [6.07, 6.45) is 8.15. The molecule has 1 saturated heterocycles. The van der Waals surface area contributed by atoms with Gasteiger partial charge >= 0.3 is 0 Å². The first-order chi connectivity index (χ1) is 7.27. The highest BCUT2D eigenvalue weighted by Crippen LogP contribution is 2.18. The Labute approximate surface area is 95.2 Å². The molecule has 0 aromatic carbocycles. The number of rotatable bonds is 5. The van der Waals surface area contributed by atoms with Crippen LogP contribution in [0.4, 0.5) is 0 Å². The lowest BCUT2D eigenvalue weighted by Gasteiger charge is -2.28. The van der Waals surface area contributed by atoms with Crippen LogP contribution >= 0.6 is 0 Å². The molecular weight excluding hydrogens is 184 g/mol. The molecule has 1 heterocycles. The molecule has 0 bridgehead atoms. The average Bonchev–Trinajstić information content (AvgIpc) is 2.45. The van der Waals surface area contributed by atoms with E-state index in [2.05, 4.69) is 18.7 Å². The van der Waals surface area contributed by atoms with E-state index in [1.54, 1.807) is 0 Å². The second-order valence-electron chi connectivity index (χ2n) is 5.03. The molecule has 0 aromatic rings. The van der Waals surface area contributed by atoms with Crippen molar-refractivity contribution in [2.75, 3.05) is 19.6 Å². The third kappa shape index (κ3) is 4.52. The summed E-state index contributed by atoms with van der Waals surface area (Å²) in [5.74, 6) is 0.737. The highest BCUT2D eigenvalue weighted by molar-refractivity contribution is 4.72. The lowest BCUT2D eigenvalue weighted by molar-refractivity contribution is 0.198. The van der Waals surface area contributed by atoms with Crippen molar-refractivity contribution >= 4 is 0 Å². The fourth-order valence-corrected chi connectivity index (χ4v) is 2.50. The predicted molar refractivity (Wildman–Crippen MR) is 67.0 cm³/mol. The molecule has 0 amide bonds. The van der Waals surface area contributed by atoms with Gasteiger partial charge in [0.1, 0.15) is 0 Å². The summed E-state index contributed by atoms with van der Waals surface area (Å²) in [6, 6.07) is 0.794. The van der Waals surface area contributed by atoms with Gasteiger partial charge in [0.2, 0.25) is 0 Å². The second-order valence-corrected chi connectivity index (χ2v) is 5.03. The molecular formula is C13H28N2. The molecule has 2 unspecified atom stereocenters. The van der Waals surface area contributed by atoms with E-state index in [-0.39, 0.29) is 0 Å². The molecule has 2 N–H and O–H groups in total. The Balaban J connectivity index is 2.28. The maximum absolute atomic E-state index is 5.75. The van der Waals surface area contributed by atoms with Crippen LogP contribution in [0.2, 0.25) is 0 Å². The summed E-state index contributed by atoms with van der Waals surface area (Å²) in [5, 5.41) is 0. The molecule has 15 heavy (non-hydrogen) atoms. The van der Waals surface area contributed by atoms with Crippen molar-refractivity contribution in [3.8, 4) is 0 Å². The molecule has 0 radical (unpaired) electrons. The van der Waals surface area contributed by atoms with Gasteiger partial charge in [0.15, 0.2) is 0 Å². The van der Waals surface area contributed by atoms with Gasteiger partial charge in [0.25, 0.3) is 0 Å². The molecule has 0 spiro atoms. The van der Waals surface area contributed by atoms with E-state index in [4.69, 9.17) is 5.73 Å². The van der Waals surface area contributed by atoms with Crippen molar-refractivity contribution in [2.45, 2.75) is 58.4 Å². The summed E-state index contributed by atoms with van der Waals surface area (Å²) in [7, 11) is 0. The minimum atomic E-state index is 0.737. The number of hydrogen-bond acceptors (Lipinski definition) is 2. The molecule has 2 nitrogen and oxygen atoms in total. The van der Waals surface area contributed by atoms with E-state index in [0.717, 1.165) is 18.5 Å². The molecule has 90 valence electrons. The van der Waals surface area contributed by atoms with E-state index in [9.17, 15) is 0 Å². The molecule has 1 fully saturated rings. The average molecular weight is 212 g/mol. The van der Waals surface area contributed by atoms with Crippen LogP contribution in [0.25, 0.3) is 0 Å². The van der Waals surface area contributed by atoms with Crippen molar-refractivity contribution in [1.29, 1.82) is 0 Å². The van der Waals surface area contributed by atoms with Crippen molar-refractivity contribution in [3.63, 3.8) is 0 Å². The van der Waals surface area contributed by atoms with E-state index >= 15 is 0 Å². The number of nitrogens with two attached hydrogens (primary N) is 1. The monoisotopic (exact) mass is 212 g/mol.